The summed E-state index contributed by atoms with van der Waals surface area (Å²) in [5.74, 6) is 1.05. The van der Waals surface area contributed by atoms with Gasteiger partial charge in [-0.05, 0) is 36.4 Å². The van der Waals surface area contributed by atoms with Crippen molar-refractivity contribution in [2.75, 3.05) is 0 Å². The van der Waals surface area contributed by atoms with E-state index in [1.54, 1.807) is 29.1 Å². The molecule has 0 amide bonds. The van der Waals surface area contributed by atoms with Crippen LogP contribution in [0.1, 0.15) is 5.89 Å². The van der Waals surface area contributed by atoms with E-state index < -0.39 is 0 Å². The molecule has 0 unspecified atom stereocenters. The van der Waals surface area contributed by atoms with Gasteiger partial charge >= 0.3 is 0 Å². The van der Waals surface area contributed by atoms with Crippen LogP contribution in [0.5, 0.6) is 0 Å². The van der Waals surface area contributed by atoms with Crippen molar-refractivity contribution in [3.8, 4) is 5.69 Å². The van der Waals surface area contributed by atoms with Crippen molar-refractivity contribution in [3.05, 3.63) is 89.3 Å². The number of thioether (sulfide) groups is 1. The van der Waals surface area contributed by atoms with Gasteiger partial charge in [0.25, 0.3) is 5.56 Å². The lowest BCUT2D eigenvalue weighted by Gasteiger charge is -2.12. The number of oxazole rings is 1. The molecular weight excluding hydrogens is 372 g/mol. The van der Waals surface area contributed by atoms with Gasteiger partial charge in [0.1, 0.15) is 5.52 Å². The van der Waals surface area contributed by atoms with Crippen molar-refractivity contribution in [1.82, 2.24) is 19.5 Å². The maximum Gasteiger partial charge on any atom is 0.266 e. The molecule has 0 spiro atoms. The summed E-state index contributed by atoms with van der Waals surface area (Å²) in [6.45, 7) is 0. The molecule has 0 aliphatic rings. The highest BCUT2D eigenvalue weighted by molar-refractivity contribution is 7.98. The topological polar surface area (TPSA) is 73.8 Å². The number of rotatable bonds is 4. The lowest BCUT2D eigenvalue weighted by atomic mass is 10.2. The zero-order valence-electron chi connectivity index (χ0n) is 14.6. The number of hydrogen-bond acceptors (Lipinski definition) is 6. The van der Waals surface area contributed by atoms with Crippen LogP contribution in [-0.4, -0.2) is 19.5 Å². The van der Waals surface area contributed by atoms with Crippen LogP contribution in [0.4, 0.5) is 0 Å². The SMILES string of the molecule is O=c1c2ccccc2nc(SCc2nc3ccccc3o2)n1-c1cccnc1. The summed E-state index contributed by atoms with van der Waals surface area (Å²) in [5, 5.41) is 1.14. The summed E-state index contributed by atoms with van der Waals surface area (Å²) in [7, 11) is 0. The lowest BCUT2D eigenvalue weighted by molar-refractivity contribution is 0.556. The Bertz CT molecular complexity index is 1310. The first-order valence-electron chi connectivity index (χ1n) is 8.69. The first kappa shape index (κ1) is 16.7. The fourth-order valence-electron chi connectivity index (χ4n) is 3.03. The number of para-hydroxylation sites is 3. The van der Waals surface area contributed by atoms with E-state index in [4.69, 9.17) is 9.40 Å². The van der Waals surface area contributed by atoms with Crippen LogP contribution in [0.15, 0.2) is 87.4 Å². The molecule has 0 aliphatic carbocycles. The number of benzene rings is 2. The van der Waals surface area contributed by atoms with Crippen molar-refractivity contribution >= 4 is 33.8 Å². The quantitative estimate of drug-likeness (QED) is 0.340. The van der Waals surface area contributed by atoms with Crippen LogP contribution in [0.3, 0.4) is 0 Å². The molecule has 0 atom stereocenters. The van der Waals surface area contributed by atoms with Crippen molar-refractivity contribution in [2.24, 2.45) is 0 Å². The minimum Gasteiger partial charge on any atom is -0.440 e. The van der Waals surface area contributed by atoms with E-state index in [2.05, 4.69) is 9.97 Å². The average Bonchev–Trinajstić information content (AvgIpc) is 3.16. The Morgan fingerprint density at radius 3 is 2.57 bits per heavy atom. The van der Waals surface area contributed by atoms with Gasteiger partial charge in [0.15, 0.2) is 10.7 Å². The predicted octanol–water partition coefficient (Wildman–Crippen LogP) is 4.21. The highest BCUT2D eigenvalue weighted by Crippen LogP contribution is 2.25. The summed E-state index contributed by atoms with van der Waals surface area (Å²) in [6, 6.07) is 18.6. The Morgan fingerprint density at radius 1 is 0.929 bits per heavy atom. The van der Waals surface area contributed by atoms with E-state index in [0.717, 1.165) is 11.1 Å². The molecule has 0 bridgehead atoms. The second-order valence-corrected chi connectivity index (χ2v) is 7.07. The van der Waals surface area contributed by atoms with Gasteiger partial charge in [-0.1, -0.05) is 36.0 Å². The molecule has 5 aromatic rings. The molecule has 2 aromatic carbocycles. The Kier molecular flexibility index (Phi) is 4.14. The van der Waals surface area contributed by atoms with Gasteiger partial charge in [-0.2, -0.15) is 0 Å². The first-order chi connectivity index (χ1) is 13.8. The largest absolute Gasteiger partial charge is 0.440 e. The molecule has 28 heavy (non-hydrogen) atoms. The fourth-order valence-corrected chi connectivity index (χ4v) is 3.89. The molecule has 7 heteroatoms. The maximum absolute atomic E-state index is 13.1. The van der Waals surface area contributed by atoms with E-state index in [9.17, 15) is 4.79 Å². The van der Waals surface area contributed by atoms with Crippen LogP contribution in [0.25, 0.3) is 27.7 Å². The van der Waals surface area contributed by atoms with E-state index in [1.807, 2.05) is 48.5 Å². The van der Waals surface area contributed by atoms with E-state index in [0.29, 0.717) is 33.4 Å². The number of hydrogen-bond donors (Lipinski definition) is 0. The normalized spacial score (nSPS) is 11.3. The summed E-state index contributed by atoms with van der Waals surface area (Å²) in [6.07, 6.45) is 3.33. The fraction of sp³-hybridized carbons (Fsp3) is 0.0476. The van der Waals surface area contributed by atoms with Crippen LogP contribution < -0.4 is 5.56 Å². The molecule has 0 N–H and O–H groups in total. The zero-order chi connectivity index (χ0) is 18.9. The minimum atomic E-state index is -0.126. The number of fused-ring (bicyclic) bond motifs is 2. The molecule has 3 aromatic heterocycles. The van der Waals surface area contributed by atoms with Gasteiger partial charge in [0, 0.05) is 6.20 Å². The molecule has 0 saturated heterocycles. The summed E-state index contributed by atoms with van der Waals surface area (Å²) < 4.78 is 7.38. The second kappa shape index (κ2) is 6.94. The van der Waals surface area contributed by atoms with Crippen LogP contribution >= 0.6 is 11.8 Å². The van der Waals surface area contributed by atoms with E-state index in [1.165, 1.54) is 11.8 Å². The summed E-state index contributed by atoms with van der Waals surface area (Å²) in [5.41, 5.74) is 2.76. The van der Waals surface area contributed by atoms with Gasteiger partial charge < -0.3 is 4.42 Å². The predicted molar refractivity (Wildman–Crippen MR) is 109 cm³/mol. The first-order valence-corrected chi connectivity index (χ1v) is 9.67. The zero-order valence-corrected chi connectivity index (χ0v) is 15.5. The summed E-state index contributed by atoms with van der Waals surface area (Å²) in [4.78, 5) is 26.5. The minimum absolute atomic E-state index is 0.126. The second-order valence-electron chi connectivity index (χ2n) is 6.13. The molecule has 3 heterocycles. The Morgan fingerprint density at radius 2 is 1.75 bits per heavy atom. The third-order valence-electron chi connectivity index (χ3n) is 4.31. The van der Waals surface area contributed by atoms with Crippen molar-refractivity contribution in [1.29, 1.82) is 0 Å². The van der Waals surface area contributed by atoms with Gasteiger partial charge in [-0.15, -0.1) is 0 Å². The Hall–Kier alpha value is -3.45. The third kappa shape index (κ3) is 2.95. The highest BCUT2D eigenvalue weighted by Gasteiger charge is 2.15. The standard InChI is InChI=1S/C21H14N4O2S/c26-20-15-7-1-2-8-16(15)24-21(25(20)14-6-5-11-22-12-14)28-13-19-23-17-9-3-4-10-18(17)27-19/h1-12H,13H2. The molecule has 0 aliphatic heterocycles. The molecule has 0 radical (unpaired) electrons. The van der Waals surface area contributed by atoms with Gasteiger partial charge in [-0.25, -0.2) is 9.97 Å². The molecule has 0 fully saturated rings. The molecule has 136 valence electrons. The Labute approximate surface area is 163 Å². The van der Waals surface area contributed by atoms with Crippen LogP contribution in [-0.2, 0) is 5.75 Å². The highest BCUT2D eigenvalue weighted by atomic mass is 32.2. The molecular formula is C21H14N4O2S. The lowest BCUT2D eigenvalue weighted by Crippen LogP contribution is -2.21. The van der Waals surface area contributed by atoms with Gasteiger partial charge in [0.2, 0.25) is 5.89 Å². The van der Waals surface area contributed by atoms with Crippen LogP contribution in [0, 0.1) is 0 Å². The monoisotopic (exact) mass is 386 g/mol. The van der Waals surface area contributed by atoms with Crippen molar-refractivity contribution in [2.45, 2.75) is 10.9 Å². The molecule has 5 rings (SSSR count). The van der Waals surface area contributed by atoms with Crippen molar-refractivity contribution < 1.29 is 4.42 Å². The third-order valence-corrected chi connectivity index (χ3v) is 5.24. The van der Waals surface area contributed by atoms with E-state index in [-0.39, 0.29) is 5.56 Å². The van der Waals surface area contributed by atoms with Crippen LogP contribution in [0.2, 0.25) is 0 Å². The maximum atomic E-state index is 13.1. The molecule has 0 saturated carbocycles. The molecule has 6 nitrogen and oxygen atoms in total. The average molecular weight is 386 g/mol. The number of aromatic nitrogens is 4. The summed E-state index contributed by atoms with van der Waals surface area (Å²) >= 11 is 1.41. The van der Waals surface area contributed by atoms with Gasteiger partial charge in [0.05, 0.1) is 28.5 Å². The van der Waals surface area contributed by atoms with Gasteiger partial charge in [-0.3, -0.25) is 14.3 Å². The number of pyridine rings is 1. The smallest absolute Gasteiger partial charge is 0.266 e. The van der Waals surface area contributed by atoms with E-state index >= 15 is 0 Å². The van der Waals surface area contributed by atoms with Crippen molar-refractivity contribution in [3.63, 3.8) is 0 Å². The number of nitrogens with zero attached hydrogens (tertiary/aromatic N) is 4. The Balaban J connectivity index is 1.60.